The molecule has 1 aromatic heterocycles. The number of carbonyl (C=O) groups excluding carboxylic acids is 1. The van der Waals surface area contributed by atoms with Gasteiger partial charge in [0.25, 0.3) is 0 Å². The highest BCUT2D eigenvalue weighted by Crippen LogP contribution is 2.23. The predicted molar refractivity (Wildman–Crippen MR) is 65.7 cm³/mol. The molecule has 0 aliphatic carbocycles. The number of pyridine rings is 1. The first-order valence-electron chi connectivity index (χ1n) is 5.31. The van der Waals surface area contributed by atoms with Crippen LogP contribution >= 0.6 is 0 Å². The van der Waals surface area contributed by atoms with E-state index >= 15 is 0 Å². The summed E-state index contributed by atoms with van der Waals surface area (Å²) in [5.41, 5.74) is 3.80. The molecule has 0 aliphatic heterocycles. The van der Waals surface area contributed by atoms with E-state index in [1.165, 1.54) is 7.11 Å². The molecule has 2 aromatic rings. The molecule has 0 unspecified atom stereocenters. The molecule has 0 spiro atoms. The topological polar surface area (TPSA) is 39.2 Å². The molecule has 2 rings (SSSR count). The van der Waals surface area contributed by atoms with Gasteiger partial charge in [-0.2, -0.15) is 0 Å². The summed E-state index contributed by atoms with van der Waals surface area (Å²) >= 11 is 0. The van der Waals surface area contributed by atoms with Crippen molar-refractivity contribution in [3.8, 4) is 11.1 Å². The monoisotopic (exact) mass is 227 g/mol. The number of aryl methyl sites for hydroxylation is 1. The van der Waals surface area contributed by atoms with Crippen LogP contribution in [0.15, 0.2) is 42.7 Å². The van der Waals surface area contributed by atoms with Gasteiger partial charge in [-0.05, 0) is 47.9 Å². The second kappa shape index (κ2) is 4.78. The number of hydrogen-bond acceptors (Lipinski definition) is 3. The van der Waals surface area contributed by atoms with E-state index in [2.05, 4.69) is 9.72 Å². The Morgan fingerprint density at radius 2 is 1.88 bits per heavy atom. The van der Waals surface area contributed by atoms with Crippen molar-refractivity contribution in [1.29, 1.82) is 0 Å². The Morgan fingerprint density at radius 3 is 2.47 bits per heavy atom. The number of carbonyl (C=O) groups is 1. The van der Waals surface area contributed by atoms with Crippen molar-refractivity contribution in [1.82, 2.24) is 4.98 Å². The third kappa shape index (κ3) is 2.33. The average molecular weight is 227 g/mol. The van der Waals surface area contributed by atoms with Crippen LogP contribution in [0.3, 0.4) is 0 Å². The summed E-state index contributed by atoms with van der Waals surface area (Å²) in [6, 6.07) is 9.42. The van der Waals surface area contributed by atoms with Crippen molar-refractivity contribution in [3.05, 3.63) is 53.9 Å². The Kier molecular flexibility index (Phi) is 3.19. The Hall–Kier alpha value is -2.16. The molecular formula is C14H13NO2. The van der Waals surface area contributed by atoms with Gasteiger partial charge in [0.05, 0.1) is 12.7 Å². The van der Waals surface area contributed by atoms with Crippen LogP contribution in [0, 0.1) is 6.92 Å². The fourth-order valence-electron chi connectivity index (χ4n) is 1.76. The van der Waals surface area contributed by atoms with Crippen LogP contribution in [0.5, 0.6) is 0 Å². The zero-order chi connectivity index (χ0) is 12.3. The van der Waals surface area contributed by atoms with Crippen LogP contribution in [-0.4, -0.2) is 18.1 Å². The van der Waals surface area contributed by atoms with Gasteiger partial charge in [-0.3, -0.25) is 4.98 Å². The minimum atomic E-state index is -0.311. The number of aromatic nitrogens is 1. The molecule has 0 N–H and O–H groups in total. The molecule has 1 aromatic carbocycles. The molecule has 0 saturated heterocycles. The number of rotatable bonds is 2. The van der Waals surface area contributed by atoms with E-state index in [1.807, 2.05) is 31.2 Å². The highest BCUT2D eigenvalue weighted by molar-refractivity contribution is 5.90. The summed E-state index contributed by atoms with van der Waals surface area (Å²) in [6.45, 7) is 1.97. The zero-order valence-electron chi connectivity index (χ0n) is 9.81. The molecule has 17 heavy (non-hydrogen) atoms. The van der Waals surface area contributed by atoms with Crippen molar-refractivity contribution < 1.29 is 9.53 Å². The summed E-state index contributed by atoms with van der Waals surface area (Å²) < 4.78 is 4.69. The lowest BCUT2D eigenvalue weighted by Crippen LogP contribution is -2.01. The predicted octanol–water partition coefficient (Wildman–Crippen LogP) is 2.84. The highest BCUT2D eigenvalue weighted by Gasteiger charge is 2.08. The highest BCUT2D eigenvalue weighted by atomic mass is 16.5. The first kappa shape index (κ1) is 11.3. The van der Waals surface area contributed by atoms with Crippen LogP contribution < -0.4 is 0 Å². The first-order chi connectivity index (χ1) is 8.22. The van der Waals surface area contributed by atoms with Crippen molar-refractivity contribution in [3.63, 3.8) is 0 Å². The summed E-state index contributed by atoms with van der Waals surface area (Å²) in [5, 5.41) is 0. The molecule has 0 saturated carbocycles. The lowest BCUT2D eigenvalue weighted by Gasteiger charge is -2.07. The van der Waals surface area contributed by atoms with E-state index < -0.39 is 0 Å². The van der Waals surface area contributed by atoms with E-state index in [0.717, 1.165) is 16.7 Å². The van der Waals surface area contributed by atoms with Gasteiger partial charge in [-0.1, -0.05) is 6.07 Å². The second-order valence-electron chi connectivity index (χ2n) is 3.76. The van der Waals surface area contributed by atoms with Gasteiger partial charge in [-0.15, -0.1) is 0 Å². The molecule has 0 atom stereocenters. The summed E-state index contributed by atoms with van der Waals surface area (Å²) in [6.07, 6.45) is 3.51. The smallest absolute Gasteiger partial charge is 0.337 e. The molecule has 0 amide bonds. The van der Waals surface area contributed by atoms with E-state index in [9.17, 15) is 4.79 Å². The lowest BCUT2D eigenvalue weighted by molar-refractivity contribution is 0.0600. The standard InChI is InChI=1S/C14H13NO2/c1-10-9-12(14(16)17-2)3-4-13(10)11-5-7-15-8-6-11/h3-9H,1-2H3. The van der Waals surface area contributed by atoms with Crippen molar-refractivity contribution in [2.24, 2.45) is 0 Å². The van der Waals surface area contributed by atoms with Crippen molar-refractivity contribution in [2.45, 2.75) is 6.92 Å². The van der Waals surface area contributed by atoms with Gasteiger partial charge in [0.2, 0.25) is 0 Å². The van der Waals surface area contributed by atoms with Crippen LogP contribution in [-0.2, 0) is 4.74 Å². The normalized spacial score (nSPS) is 10.0. The Balaban J connectivity index is 2.42. The van der Waals surface area contributed by atoms with E-state index in [0.29, 0.717) is 5.56 Å². The third-order valence-corrected chi connectivity index (χ3v) is 2.64. The van der Waals surface area contributed by atoms with E-state index in [-0.39, 0.29) is 5.97 Å². The number of hydrogen-bond donors (Lipinski definition) is 0. The molecule has 0 fully saturated rings. The minimum absolute atomic E-state index is 0.311. The maximum atomic E-state index is 11.4. The minimum Gasteiger partial charge on any atom is -0.465 e. The maximum absolute atomic E-state index is 11.4. The molecule has 1 heterocycles. The maximum Gasteiger partial charge on any atom is 0.337 e. The molecule has 0 radical (unpaired) electrons. The largest absolute Gasteiger partial charge is 0.465 e. The van der Waals surface area contributed by atoms with Crippen LogP contribution in [0.4, 0.5) is 0 Å². The molecule has 0 aliphatic rings. The molecular weight excluding hydrogens is 214 g/mol. The molecule has 86 valence electrons. The average Bonchev–Trinajstić information content (AvgIpc) is 2.38. The Bertz CT molecular complexity index is 535. The molecule has 3 nitrogen and oxygen atoms in total. The number of methoxy groups -OCH3 is 1. The van der Waals surface area contributed by atoms with Crippen LogP contribution in [0.25, 0.3) is 11.1 Å². The zero-order valence-corrected chi connectivity index (χ0v) is 9.81. The summed E-state index contributed by atoms with van der Waals surface area (Å²) in [7, 11) is 1.38. The molecule has 0 bridgehead atoms. The number of nitrogens with zero attached hydrogens (tertiary/aromatic N) is 1. The quantitative estimate of drug-likeness (QED) is 0.740. The summed E-state index contributed by atoms with van der Waals surface area (Å²) in [4.78, 5) is 15.4. The van der Waals surface area contributed by atoms with E-state index in [1.54, 1.807) is 18.5 Å². The fourth-order valence-corrected chi connectivity index (χ4v) is 1.76. The molecule has 3 heteroatoms. The second-order valence-corrected chi connectivity index (χ2v) is 3.76. The van der Waals surface area contributed by atoms with Crippen LogP contribution in [0.2, 0.25) is 0 Å². The number of benzene rings is 1. The van der Waals surface area contributed by atoms with Gasteiger partial charge in [-0.25, -0.2) is 4.79 Å². The SMILES string of the molecule is COC(=O)c1ccc(-c2ccncc2)c(C)c1. The lowest BCUT2D eigenvalue weighted by atomic mass is 9.99. The van der Waals surface area contributed by atoms with Gasteiger partial charge in [0.15, 0.2) is 0 Å². The number of ether oxygens (including phenoxy) is 1. The van der Waals surface area contributed by atoms with Gasteiger partial charge < -0.3 is 4.74 Å². The van der Waals surface area contributed by atoms with Gasteiger partial charge in [0.1, 0.15) is 0 Å². The first-order valence-corrected chi connectivity index (χ1v) is 5.31. The number of esters is 1. The van der Waals surface area contributed by atoms with Crippen LogP contribution in [0.1, 0.15) is 15.9 Å². The van der Waals surface area contributed by atoms with Crippen molar-refractivity contribution >= 4 is 5.97 Å². The Labute approximate surface area is 100 Å². The van der Waals surface area contributed by atoms with Gasteiger partial charge in [0, 0.05) is 12.4 Å². The third-order valence-electron chi connectivity index (χ3n) is 2.64. The van der Waals surface area contributed by atoms with E-state index in [4.69, 9.17) is 0 Å². The Morgan fingerprint density at radius 1 is 1.18 bits per heavy atom. The van der Waals surface area contributed by atoms with Crippen molar-refractivity contribution in [2.75, 3.05) is 7.11 Å². The van der Waals surface area contributed by atoms with Gasteiger partial charge >= 0.3 is 5.97 Å². The summed E-state index contributed by atoms with van der Waals surface area (Å²) in [5.74, 6) is -0.311. The fraction of sp³-hybridized carbons (Fsp3) is 0.143.